The Balaban J connectivity index is 1.99. The molecular weight excluding hydrogens is 286 g/mol. The average Bonchev–Trinajstić information content (AvgIpc) is 3.11. The van der Waals surface area contributed by atoms with Crippen molar-refractivity contribution in [2.75, 3.05) is 6.54 Å². The largest absolute Gasteiger partial charge is 0.352 e. The Morgan fingerprint density at radius 2 is 2.14 bits per heavy atom. The first-order chi connectivity index (χ1) is 9.92. The highest BCUT2D eigenvalue weighted by Crippen LogP contribution is 2.33. The predicted octanol–water partition coefficient (Wildman–Crippen LogP) is 1.99. The van der Waals surface area contributed by atoms with Crippen LogP contribution in [0.3, 0.4) is 0 Å². The fourth-order valence-electron chi connectivity index (χ4n) is 2.53. The molecule has 1 aliphatic carbocycles. The van der Waals surface area contributed by atoms with Crippen LogP contribution in [0.5, 0.6) is 0 Å². The second kappa shape index (κ2) is 6.94. The second-order valence-electron chi connectivity index (χ2n) is 6.16. The fourth-order valence-corrected chi connectivity index (χ4v) is 3.88. The number of hydrogen-bond donors (Lipinski definition) is 2. The first kappa shape index (κ1) is 16.5. The van der Waals surface area contributed by atoms with Gasteiger partial charge in [-0.25, -0.2) is 13.1 Å². The van der Waals surface area contributed by atoms with Crippen LogP contribution in [-0.2, 0) is 23.6 Å². The van der Waals surface area contributed by atoms with Crippen LogP contribution in [0.2, 0.25) is 0 Å². The van der Waals surface area contributed by atoms with Gasteiger partial charge in [0.1, 0.15) is 0 Å². The normalized spacial score (nSPS) is 17.1. The number of nitrogens with one attached hydrogen (secondary N) is 2. The van der Waals surface area contributed by atoms with Gasteiger partial charge in [0.2, 0.25) is 10.0 Å². The molecule has 0 aliphatic heterocycles. The van der Waals surface area contributed by atoms with Gasteiger partial charge in [-0.15, -0.1) is 0 Å². The van der Waals surface area contributed by atoms with Crippen LogP contribution < -0.4 is 10.0 Å². The smallest absolute Gasteiger partial charge is 0.242 e. The van der Waals surface area contributed by atoms with Crippen LogP contribution >= 0.6 is 0 Å². The summed E-state index contributed by atoms with van der Waals surface area (Å²) in [6, 6.07) is 1.76. The van der Waals surface area contributed by atoms with Gasteiger partial charge >= 0.3 is 0 Å². The molecule has 1 saturated carbocycles. The maximum absolute atomic E-state index is 12.4. The number of rotatable bonds is 9. The van der Waals surface area contributed by atoms with E-state index in [0.717, 1.165) is 25.1 Å². The van der Waals surface area contributed by atoms with Gasteiger partial charge in [0, 0.05) is 31.5 Å². The zero-order valence-electron chi connectivity index (χ0n) is 13.2. The molecule has 1 aliphatic rings. The fraction of sp³-hybridized carbons (Fsp3) is 0.733. The number of nitrogens with zero attached hydrogens (tertiary/aromatic N) is 1. The van der Waals surface area contributed by atoms with Crippen molar-refractivity contribution in [2.45, 2.75) is 57.0 Å². The van der Waals surface area contributed by atoms with Crippen molar-refractivity contribution in [3.63, 3.8) is 0 Å². The van der Waals surface area contributed by atoms with Crippen LogP contribution in [0.4, 0.5) is 0 Å². The molecule has 0 bridgehead atoms. The SMILES string of the molecule is CCCNCc1cc(S(=O)(=O)NC(C)CC2CC2)cn1C. The standard InChI is InChI=1S/C15H27N3O2S/c1-4-7-16-10-14-9-15(11-18(14)3)21(19,20)17-12(2)8-13-5-6-13/h9,11-13,16-17H,4-8,10H2,1-3H3. The molecule has 2 rings (SSSR count). The number of aromatic nitrogens is 1. The molecule has 6 heteroatoms. The first-order valence-corrected chi connectivity index (χ1v) is 9.29. The van der Waals surface area contributed by atoms with Crippen molar-refractivity contribution < 1.29 is 8.42 Å². The lowest BCUT2D eigenvalue weighted by molar-refractivity contribution is 0.530. The summed E-state index contributed by atoms with van der Waals surface area (Å²) in [7, 11) is -1.52. The van der Waals surface area contributed by atoms with Crippen molar-refractivity contribution in [1.29, 1.82) is 0 Å². The van der Waals surface area contributed by atoms with Gasteiger partial charge in [0.25, 0.3) is 0 Å². The monoisotopic (exact) mass is 313 g/mol. The lowest BCUT2D eigenvalue weighted by Crippen LogP contribution is -2.32. The summed E-state index contributed by atoms with van der Waals surface area (Å²) >= 11 is 0. The lowest BCUT2D eigenvalue weighted by Gasteiger charge is -2.12. The zero-order valence-corrected chi connectivity index (χ0v) is 14.0. The van der Waals surface area contributed by atoms with Crippen LogP contribution in [0.15, 0.2) is 17.2 Å². The van der Waals surface area contributed by atoms with Gasteiger partial charge in [0.05, 0.1) is 4.90 Å². The first-order valence-electron chi connectivity index (χ1n) is 7.80. The molecule has 0 radical (unpaired) electrons. The Hall–Kier alpha value is -0.850. The Labute approximate surface area is 128 Å². The Morgan fingerprint density at radius 3 is 2.76 bits per heavy atom. The predicted molar refractivity (Wildman–Crippen MR) is 84.5 cm³/mol. The minimum Gasteiger partial charge on any atom is -0.352 e. The Bertz CT molecular complexity index is 561. The average molecular weight is 313 g/mol. The van der Waals surface area contributed by atoms with E-state index in [4.69, 9.17) is 0 Å². The van der Waals surface area contributed by atoms with E-state index in [-0.39, 0.29) is 6.04 Å². The van der Waals surface area contributed by atoms with E-state index in [1.807, 2.05) is 18.5 Å². The number of aryl methyl sites for hydroxylation is 1. The molecule has 1 aromatic rings. The maximum atomic E-state index is 12.4. The van der Waals surface area contributed by atoms with Crippen molar-refractivity contribution >= 4 is 10.0 Å². The van der Waals surface area contributed by atoms with E-state index in [9.17, 15) is 8.42 Å². The highest BCUT2D eigenvalue weighted by Gasteiger charge is 2.26. The molecule has 5 nitrogen and oxygen atoms in total. The Kier molecular flexibility index (Phi) is 5.46. The van der Waals surface area contributed by atoms with Gasteiger partial charge in [-0.05, 0) is 38.3 Å². The quantitative estimate of drug-likeness (QED) is 0.685. The summed E-state index contributed by atoms with van der Waals surface area (Å²) in [6.07, 6.45) is 6.18. The van der Waals surface area contributed by atoms with Crippen LogP contribution in [0, 0.1) is 5.92 Å². The molecule has 0 spiro atoms. The van der Waals surface area contributed by atoms with E-state index in [1.165, 1.54) is 12.8 Å². The number of hydrogen-bond acceptors (Lipinski definition) is 3. The van der Waals surface area contributed by atoms with Crippen molar-refractivity contribution in [1.82, 2.24) is 14.6 Å². The molecule has 2 N–H and O–H groups in total. The third kappa shape index (κ3) is 4.83. The van der Waals surface area contributed by atoms with Gasteiger partial charge in [-0.3, -0.25) is 0 Å². The topological polar surface area (TPSA) is 63.1 Å². The summed E-state index contributed by atoms with van der Waals surface area (Å²) in [4.78, 5) is 0.362. The summed E-state index contributed by atoms with van der Waals surface area (Å²) in [5.41, 5.74) is 0.985. The molecular formula is C15H27N3O2S. The summed E-state index contributed by atoms with van der Waals surface area (Å²) in [5, 5.41) is 3.30. The summed E-state index contributed by atoms with van der Waals surface area (Å²) in [5.74, 6) is 0.715. The molecule has 1 atom stereocenters. The van der Waals surface area contributed by atoms with E-state index in [2.05, 4.69) is 17.0 Å². The van der Waals surface area contributed by atoms with E-state index in [1.54, 1.807) is 12.3 Å². The summed E-state index contributed by atoms with van der Waals surface area (Å²) in [6.45, 7) is 5.68. The highest BCUT2D eigenvalue weighted by molar-refractivity contribution is 7.89. The molecule has 0 aromatic carbocycles. The molecule has 1 unspecified atom stereocenters. The molecule has 1 fully saturated rings. The second-order valence-corrected chi connectivity index (χ2v) is 7.87. The van der Waals surface area contributed by atoms with Gasteiger partial charge in [-0.1, -0.05) is 19.8 Å². The third-order valence-electron chi connectivity index (χ3n) is 3.87. The molecule has 120 valence electrons. The van der Waals surface area contributed by atoms with Crippen molar-refractivity contribution in [2.24, 2.45) is 13.0 Å². The van der Waals surface area contributed by atoms with Gasteiger partial charge in [-0.2, -0.15) is 0 Å². The molecule has 1 heterocycles. The molecule has 21 heavy (non-hydrogen) atoms. The number of sulfonamides is 1. The minimum absolute atomic E-state index is 0.00405. The molecule has 1 aromatic heterocycles. The van der Waals surface area contributed by atoms with Crippen LogP contribution in [0.25, 0.3) is 0 Å². The lowest BCUT2D eigenvalue weighted by atomic mass is 10.2. The highest BCUT2D eigenvalue weighted by atomic mass is 32.2. The summed E-state index contributed by atoms with van der Waals surface area (Å²) < 4.78 is 29.5. The maximum Gasteiger partial charge on any atom is 0.242 e. The zero-order chi connectivity index (χ0) is 15.5. The van der Waals surface area contributed by atoms with Crippen LogP contribution in [-0.4, -0.2) is 25.6 Å². The van der Waals surface area contributed by atoms with Gasteiger partial charge in [0.15, 0.2) is 0 Å². The van der Waals surface area contributed by atoms with Gasteiger partial charge < -0.3 is 9.88 Å². The Morgan fingerprint density at radius 1 is 1.43 bits per heavy atom. The van der Waals surface area contributed by atoms with E-state index >= 15 is 0 Å². The van der Waals surface area contributed by atoms with Crippen LogP contribution in [0.1, 0.15) is 45.2 Å². The van der Waals surface area contributed by atoms with E-state index < -0.39 is 10.0 Å². The van der Waals surface area contributed by atoms with Crippen molar-refractivity contribution in [3.05, 3.63) is 18.0 Å². The third-order valence-corrected chi connectivity index (χ3v) is 5.42. The molecule has 0 amide bonds. The minimum atomic E-state index is -3.41. The van der Waals surface area contributed by atoms with Crippen molar-refractivity contribution in [3.8, 4) is 0 Å². The van der Waals surface area contributed by atoms with E-state index in [0.29, 0.717) is 17.4 Å². The molecule has 0 saturated heterocycles.